The van der Waals surface area contributed by atoms with Crippen LogP contribution in [0.25, 0.3) is 0 Å². The summed E-state index contributed by atoms with van der Waals surface area (Å²) in [7, 11) is 4.08. The summed E-state index contributed by atoms with van der Waals surface area (Å²) in [6.45, 7) is 2.18. The van der Waals surface area contributed by atoms with E-state index in [1.54, 1.807) is 0 Å². The zero-order valence-corrected chi connectivity index (χ0v) is 8.12. The molecule has 0 saturated carbocycles. The highest BCUT2D eigenvalue weighted by molar-refractivity contribution is 5.48. The van der Waals surface area contributed by atoms with E-state index in [0.29, 0.717) is 5.92 Å². The Morgan fingerprint density at radius 3 is 2.77 bits per heavy atom. The Balaban J connectivity index is 2.31. The molecule has 2 rings (SSSR count). The largest absolute Gasteiger partial charge is 0.363 e. The van der Waals surface area contributed by atoms with Crippen LogP contribution in [0.4, 0.5) is 5.82 Å². The van der Waals surface area contributed by atoms with E-state index in [0.717, 1.165) is 18.9 Å². The summed E-state index contributed by atoms with van der Waals surface area (Å²) in [6, 6.07) is 4.19. The van der Waals surface area contributed by atoms with Crippen LogP contribution >= 0.6 is 0 Å². The summed E-state index contributed by atoms with van der Waals surface area (Å²) in [6.07, 6.45) is 1.85. The second-order valence-electron chi connectivity index (χ2n) is 3.67. The summed E-state index contributed by atoms with van der Waals surface area (Å²) in [5.41, 5.74) is 1.37. The molecule has 0 aliphatic carbocycles. The van der Waals surface area contributed by atoms with Crippen molar-refractivity contribution in [3.8, 4) is 0 Å². The highest BCUT2D eigenvalue weighted by Gasteiger charge is 2.22. The van der Waals surface area contributed by atoms with Gasteiger partial charge in [0, 0.05) is 44.9 Å². The lowest BCUT2D eigenvalue weighted by atomic mass is 9.94. The first-order chi connectivity index (χ1) is 6.29. The molecule has 2 heterocycles. The first-order valence-electron chi connectivity index (χ1n) is 4.62. The van der Waals surface area contributed by atoms with Crippen molar-refractivity contribution in [3.63, 3.8) is 0 Å². The predicted molar refractivity (Wildman–Crippen MR) is 54.2 cm³/mol. The number of rotatable bonds is 2. The minimum atomic E-state index is 0.658. The van der Waals surface area contributed by atoms with Gasteiger partial charge in [-0.15, -0.1) is 0 Å². The normalized spacial score (nSPS) is 16.8. The summed E-state index contributed by atoms with van der Waals surface area (Å²) in [5, 5.41) is 3.28. The Bertz CT molecular complexity index is 292. The van der Waals surface area contributed by atoms with Crippen molar-refractivity contribution < 1.29 is 0 Å². The number of aromatic nitrogens is 1. The lowest BCUT2D eigenvalue weighted by molar-refractivity contribution is 0.448. The number of nitrogens with zero attached hydrogens (tertiary/aromatic N) is 2. The molecule has 0 radical (unpaired) electrons. The van der Waals surface area contributed by atoms with Gasteiger partial charge in [0.25, 0.3) is 0 Å². The Morgan fingerprint density at radius 1 is 1.46 bits per heavy atom. The second kappa shape index (κ2) is 3.34. The standard InChI is InChI=1S/C10H15N3/c1-13(2)10-9(4-3-5-12-10)8-6-11-7-8/h3-5,8,11H,6-7H2,1-2H3. The van der Waals surface area contributed by atoms with Gasteiger partial charge in [-0.25, -0.2) is 4.98 Å². The van der Waals surface area contributed by atoms with E-state index in [4.69, 9.17) is 0 Å². The molecule has 0 bridgehead atoms. The Labute approximate surface area is 78.8 Å². The molecule has 0 atom stereocenters. The molecule has 0 amide bonds. The predicted octanol–water partition coefficient (Wildman–Crippen LogP) is 0.834. The number of anilines is 1. The highest BCUT2D eigenvalue weighted by atomic mass is 15.1. The number of hydrogen-bond donors (Lipinski definition) is 1. The van der Waals surface area contributed by atoms with Crippen molar-refractivity contribution >= 4 is 5.82 Å². The molecule has 1 N–H and O–H groups in total. The fourth-order valence-electron chi connectivity index (χ4n) is 1.61. The number of hydrogen-bond acceptors (Lipinski definition) is 3. The molecule has 1 aliphatic heterocycles. The topological polar surface area (TPSA) is 28.2 Å². The van der Waals surface area contributed by atoms with Crippen LogP contribution in [0, 0.1) is 0 Å². The molecule has 3 nitrogen and oxygen atoms in total. The van der Waals surface area contributed by atoms with E-state index >= 15 is 0 Å². The van der Waals surface area contributed by atoms with Crippen LogP contribution in [0.3, 0.4) is 0 Å². The Hall–Kier alpha value is -1.09. The fourth-order valence-corrected chi connectivity index (χ4v) is 1.61. The van der Waals surface area contributed by atoms with Gasteiger partial charge >= 0.3 is 0 Å². The van der Waals surface area contributed by atoms with Gasteiger partial charge < -0.3 is 10.2 Å². The van der Waals surface area contributed by atoms with Gasteiger partial charge in [0.15, 0.2) is 0 Å². The van der Waals surface area contributed by atoms with Crippen molar-refractivity contribution in [2.75, 3.05) is 32.1 Å². The average Bonchev–Trinajstić information content (AvgIpc) is 2.02. The first kappa shape index (κ1) is 8.51. The lowest BCUT2D eigenvalue weighted by Crippen LogP contribution is -2.40. The van der Waals surface area contributed by atoms with Crippen molar-refractivity contribution in [1.29, 1.82) is 0 Å². The molecular weight excluding hydrogens is 162 g/mol. The highest BCUT2D eigenvalue weighted by Crippen LogP contribution is 2.26. The summed E-state index contributed by atoms with van der Waals surface area (Å²) < 4.78 is 0. The molecule has 1 aromatic heterocycles. The quantitative estimate of drug-likeness (QED) is 0.725. The van der Waals surface area contributed by atoms with Crippen molar-refractivity contribution in [2.45, 2.75) is 5.92 Å². The Kier molecular flexibility index (Phi) is 2.19. The molecule has 0 aromatic carbocycles. The lowest BCUT2D eigenvalue weighted by Gasteiger charge is -2.30. The van der Waals surface area contributed by atoms with E-state index in [9.17, 15) is 0 Å². The molecule has 1 aliphatic rings. The maximum absolute atomic E-state index is 4.38. The van der Waals surface area contributed by atoms with Crippen molar-refractivity contribution in [1.82, 2.24) is 10.3 Å². The first-order valence-corrected chi connectivity index (χ1v) is 4.62. The smallest absolute Gasteiger partial charge is 0.131 e. The maximum atomic E-state index is 4.38. The van der Waals surface area contributed by atoms with Crippen LogP contribution in [0.1, 0.15) is 11.5 Å². The minimum absolute atomic E-state index is 0.658. The summed E-state index contributed by atoms with van der Waals surface area (Å²) in [5.74, 6) is 1.76. The van der Waals surface area contributed by atoms with Crippen LogP contribution in [-0.4, -0.2) is 32.2 Å². The van der Waals surface area contributed by atoms with Gasteiger partial charge in [-0.2, -0.15) is 0 Å². The van der Waals surface area contributed by atoms with Gasteiger partial charge in [-0.1, -0.05) is 6.07 Å². The zero-order valence-electron chi connectivity index (χ0n) is 8.12. The van der Waals surface area contributed by atoms with E-state index in [1.165, 1.54) is 5.56 Å². The van der Waals surface area contributed by atoms with Gasteiger partial charge in [-0.3, -0.25) is 0 Å². The number of nitrogens with one attached hydrogen (secondary N) is 1. The monoisotopic (exact) mass is 177 g/mol. The third kappa shape index (κ3) is 1.52. The summed E-state index contributed by atoms with van der Waals surface area (Å²) >= 11 is 0. The molecule has 0 unspecified atom stereocenters. The van der Waals surface area contributed by atoms with Crippen LogP contribution in [0.2, 0.25) is 0 Å². The average molecular weight is 177 g/mol. The maximum Gasteiger partial charge on any atom is 0.131 e. The summed E-state index contributed by atoms with van der Waals surface area (Å²) in [4.78, 5) is 6.46. The van der Waals surface area contributed by atoms with Gasteiger partial charge in [0.1, 0.15) is 5.82 Å². The van der Waals surface area contributed by atoms with Gasteiger partial charge in [0.2, 0.25) is 0 Å². The molecule has 13 heavy (non-hydrogen) atoms. The fraction of sp³-hybridized carbons (Fsp3) is 0.500. The van der Waals surface area contributed by atoms with E-state index < -0.39 is 0 Å². The Morgan fingerprint density at radius 2 is 2.23 bits per heavy atom. The van der Waals surface area contributed by atoms with Crippen molar-refractivity contribution in [3.05, 3.63) is 23.9 Å². The van der Waals surface area contributed by atoms with E-state index in [-0.39, 0.29) is 0 Å². The van der Waals surface area contributed by atoms with Crippen molar-refractivity contribution in [2.24, 2.45) is 0 Å². The SMILES string of the molecule is CN(C)c1ncccc1C1CNC1. The molecule has 1 aromatic rings. The van der Waals surface area contributed by atoms with Gasteiger partial charge in [0.05, 0.1) is 0 Å². The minimum Gasteiger partial charge on any atom is -0.363 e. The molecule has 3 heteroatoms. The molecule has 70 valence electrons. The molecule has 1 fully saturated rings. The third-order valence-electron chi connectivity index (χ3n) is 2.46. The molecule has 0 spiro atoms. The van der Waals surface area contributed by atoms with Crippen LogP contribution in [0.5, 0.6) is 0 Å². The van der Waals surface area contributed by atoms with Gasteiger partial charge in [-0.05, 0) is 6.07 Å². The molecule has 1 saturated heterocycles. The molecular formula is C10H15N3. The number of pyridine rings is 1. The van der Waals surface area contributed by atoms with E-state index in [2.05, 4.69) is 21.3 Å². The van der Waals surface area contributed by atoms with Crippen LogP contribution in [-0.2, 0) is 0 Å². The van der Waals surface area contributed by atoms with E-state index in [1.807, 2.05) is 26.4 Å². The van der Waals surface area contributed by atoms with Crippen LogP contribution in [0.15, 0.2) is 18.3 Å². The third-order valence-corrected chi connectivity index (χ3v) is 2.46. The zero-order chi connectivity index (χ0) is 9.26. The second-order valence-corrected chi connectivity index (χ2v) is 3.67. The van der Waals surface area contributed by atoms with Crippen LogP contribution < -0.4 is 10.2 Å².